The molecule has 0 fully saturated rings. The second-order valence-electron chi connectivity index (χ2n) is 4.41. The third-order valence-electron chi connectivity index (χ3n) is 2.75. The minimum atomic E-state index is -0.146. The molecule has 0 bridgehead atoms. The van der Waals surface area contributed by atoms with Gasteiger partial charge in [-0.2, -0.15) is 4.73 Å². The third-order valence-corrected chi connectivity index (χ3v) is 2.75. The number of aromatic nitrogens is 1. The summed E-state index contributed by atoms with van der Waals surface area (Å²) >= 11 is 0. The summed E-state index contributed by atoms with van der Waals surface area (Å²) in [7, 11) is 0. The van der Waals surface area contributed by atoms with Crippen LogP contribution in [0.2, 0.25) is 0 Å². The van der Waals surface area contributed by atoms with Crippen molar-refractivity contribution in [1.82, 2.24) is 4.73 Å². The first-order chi connectivity index (χ1) is 9.22. The number of nitrogens with two attached hydrogens (primary N) is 1. The van der Waals surface area contributed by atoms with E-state index in [9.17, 15) is 4.79 Å². The van der Waals surface area contributed by atoms with Gasteiger partial charge in [-0.3, -0.25) is 4.79 Å². The minimum Gasteiger partial charge on any atom is -0.488 e. The van der Waals surface area contributed by atoms with E-state index in [1.165, 1.54) is 6.07 Å². The van der Waals surface area contributed by atoms with E-state index in [1.54, 1.807) is 10.9 Å². The van der Waals surface area contributed by atoms with Crippen molar-refractivity contribution in [2.24, 2.45) is 5.73 Å². The molecule has 0 atom stereocenters. The van der Waals surface area contributed by atoms with Crippen LogP contribution in [0.15, 0.2) is 17.1 Å². The molecule has 0 saturated carbocycles. The zero-order valence-corrected chi connectivity index (χ0v) is 11.9. The number of nitrogens with zero attached hydrogens (tertiary/aromatic N) is 1. The van der Waals surface area contributed by atoms with Gasteiger partial charge in [-0.15, -0.1) is 0 Å². The summed E-state index contributed by atoms with van der Waals surface area (Å²) in [5.41, 5.74) is 6.12. The Morgan fingerprint density at radius 1 is 1.21 bits per heavy atom. The molecule has 1 heterocycles. The molecule has 5 heteroatoms. The van der Waals surface area contributed by atoms with Crippen molar-refractivity contribution in [1.29, 1.82) is 0 Å². The Morgan fingerprint density at radius 2 is 1.89 bits per heavy atom. The molecule has 0 aromatic carbocycles. The molecule has 1 aromatic rings. The first kappa shape index (κ1) is 15.6. The van der Waals surface area contributed by atoms with Crippen LogP contribution < -0.4 is 20.7 Å². The highest BCUT2D eigenvalue weighted by Crippen LogP contribution is 2.06. The van der Waals surface area contributed by atoms with Gasteiger partial charge in [0.2, 0.25) is 5.43 Å². The number of unbranched alkanes of at least 4 members (excludes halogenated alkanes) is 2. The van der Waals surface area contributed by atoms with Crippen molar-refractivity contribution in [3.8, 4) is 5.75 Å². The van der Waals surface area contributed by atoms with E-state index in [0.29, 0.717) is 24.7 Å². The largest absolute Gasteiger partial charge is 0.488 e. The van der Waals surface area contributed by atoms with Gasteiger partial charge in [-0.05, 0) is 12.8 Å². The van der Waals surface area contributed by atoms with Gasteiger partial charge in [-0.25, -0.2) is 0 Å². The van der Waals surface area contributed by atoms with Gasteiger partial charge in [0, 0.05) is 12.6 Å². The molecule has 0 saturated heterocycles. The summed E-state index contributed by atoms with van der Waals surface area (Å²) in [5, 5.41) is 0. The average Bonchev–Trinajstić information content (AvgIpc) is 2.42. The van der Waals surface area contributed by atoms with Gasteiger partial charge in [-0.1, -0.05) is 26.7 Å². The second kappa shape index (κ2) is 8.58. The van der Waals surface area contributed by atoms with Crippen molar-refractivity contribution >= 4 is 0 Å². The number of rotatable bonds is 9. The molecule has 19 heavy (non-hydrogen) atoms. The summed E-state index contributed by atoms with van der Waals surface area (Å²) in [6.07, 6.45) is 5.56. The average molecular weight is 268 g/mol. The van der Waals surface area contributed by atoms with Crippen LogP contribution in [-0.2, 0) is 6.54 Å². The summed E-state index contributed by atoms with van der Waals surface area (Å²) < 4.78 is 7.02. The predicted molar refractivity (Wildman–Crippen MR) is 75.4 cm³/mol. The summed E-state index contributed by atoms with van der Waals surface area (Å²) in [6.45, 7) is 5.57. The molecule has 0 radical (unpaired) electrons. The molecular weight excluding hydrogens is 244 g/mol. The topological polar surface area (TPSA) is 66.5 Å². The Morgan fingerprint density at radius 3 is 2.53 bits per heavy atom. The molecule has 0 aliphatic heterocycles. The van der Waals surface area contributed by atoms with Crippen molar-refractivity contribution in [2.75, 3.05) is 13.2 Å². The third kappa shape index (κ3) is 4.95. The van der Waals surface area contributed by atoms with Crippen LogP contribution in [0.5, 0.6) is 5.75 Å². The van der Waals surface area contributed by atoms with E-state index in [-0.39, 0.29) is 12.0 Å². The van der Waals surface area contributed by atoms with E-state index < -0.39 is 0 Å². The van der Waals surface area contributed by atoms with Crippen LogP contribution >= 0.6 is 0 Å². The lowest BCUT2D eigenvalue weighted by Crippen LogP contribution is -2.23. The first-order valence-electron chi connectivity index (χ1n) is 6.94. The number of hydrogen-bond donors (Lipinski definition) is 1. The number of pyridine rings is 1. The highest BCUT2D eigenvalue weighted by atomic mass is 16.7. The van der Waals surface area contributed by atoms with Crippen LogP contribution in [0, 0.1) is 0 Å². The Balaban J connectivity index is 2.81. The van der Waals surface area contributed by atoms with Crippen molar-refractivity contribution in [3.05, 3.63) is 28.2 Å². The molecule has 0 spiro atoms. The van der Waals surface area contributed by atoms with E-state index in [0.717, 1.165) is 25.7 Å². The summed E-state index contributed by atoms with van der Waals surface area (Å²) in [6, 6.07) is 1.48. The molecule has 0 amide bonds. The lowest BCUT2D eigenvalue weighted by Gasteiger charge is -2.15. The molecule has 1 aromatic heterocycles. The van der Waals surface area contributed by atoms with E-state index in [4.69, 9.17) is 15.3 Å². The van der Waals surface area contributed by atoms with Crippen molar-refractivity contribution in [2.45, 2.75) is 46.1 Å². The molecule has 0 aliphatic carbocycles. The van der Waals surface area contributed by atoms with Crippen LogP contribution in [0.4, 0.5) is 0 Å². The lowest BCUT2D eigenvalue weighted by molar-refractivity contribution is 0.0970. The minimum absolute atomic E-state index is 0.146. The number of ether oxygens (including phenoxy) is 1. The van der Waals surface area contributed by atoms with Gasteiger partial charge in [0.25, 0.3) is 0 Å². The van der Waals surface area contributed by atoms with Crippen molar-refractivity contribution in [3.63, 3.8) is 0 Å². The molecule has 0 unspecified atom stereocenters. The molecule has 108 valence electrons. The number of hydrogen-bond acceptors (Lipinski definition) is 4. The Kier molecular flexibility index (Phi) is 7.03. The van der Waals surface area contributed by atoms with Gasteiger partial charge >= 0.3 is 0 Å². The van der Waals surface area contributed by atoms with E-state index in [1.807, 2.05) is 0 Å². The highest BCUT2D eigenvalue weighted by Gasteiger charge is 2.07. The normalized spacial score (nSPS) is 10.5. The fraction of sp³-hybridized carbons (Fsp3) is 0.643. The monoisotopic (exact) mass is 268 g/mol. The second-order valence-corrected chi connectivity index (χ2v) is 4.41. The van der Waals surface area contributed by atoms with Gasteiger partial charge in [0.15, 0.2) is 5.75 Å². The smallest absolute Gasteiger partial charge is 0.223 e. The fourth-order valence-electron chi connectivity index (χ4n) is 1.55. The molecule has 5 nitrogen and oxygen atoms in total. The van der Waals surface area contributed by atoms with Gasteiger partial charge in [0.1, 0.15) is 6.61 Å². The van der Waals surface area contributed by atoms with E-state index in [2.05, 4.69) is 13.8 Å². The van der Waals surface area contributed by atoms with Crippen LogP contribution in [0.1, 0.15) is 45.2 Å². The zero-order chi connectivity index (χ0) is 14.1. The fourth-order valence-corrected chi connectivity index (χ4v) is 1.55. The summed E-state index contributed by atoms with van der Waals surface area (Å²) in [4.78, 5) is 17.4. The Bertz CT molecular complexity index is 429. The van der Waals surface area contributed by atoms with Crippen LogP contribution in [0.25, 0.3) is 0 Å². The summed E-state index contributed by atoms with van der Waals surface area (Å²) in [5.74, 6) is 0.321. The maximum Gasteiger partial charge on any atom is 0.223 e. The molecule has 2 N–H and O–H groups in total. The van der Waals surface area contributed by atoms with Crippen LogP contribution in [-0.4, -0.2) is 17.9 Å². The zero-order valence-electron chi connectivity index (χ0n) is 11.9. The van der Waals surface area contributed by atoms with Crippen LogP contribution in [0.3, 0.4) is 0 Å². The first-order valence-corrected chi connectivity index (χ1v) is 6.94. The quantitative estimate of drug-likeness (QED) is 0.692. The molecule has 0 aliphatic rings. The Labute approximate surface area is 114 Å². The van der Waals surface area contributed by atoms with Gasteiger partial charge in [0.05, 0.1) is 18.5 Å². The lowest BCUT2D eigenvalue weighted by atomic mass is 10.3. The molecular formula is C14H24N2O3. The van der Waals surface area contributed by atoms with E-state index >= 15 is 0 Å². The molecule has 1 rings (SSSR count). The predicted octanol–water partition coefficient (Wildman–Crippen LogP) is 1.71. The SMILES string of the molecule is CCCCOc1cn(OCCCC)c(CN)cc1=O. The van der Waals surface area contributed by atoms with Crippen molar-refractivity contribution < 1.29 is 9.57 Å². The maximum absolute atomic E-state index is 11.8. The Hall–Kier alpha value is -1.49. The standard InChI is InChI=1S/C14H24N2O3/c1-3-5-7-18-14-11-16(19-8-6-4-2)12(10-15)9-13(14)17/h9,11H,3-8,10,15H2,1-2H3. The maximum atomic E-state index is 11.8. The highest BCUT2D eigenvalue weighted by molar-refractivity contribution is 5.21. The van der Waals surface area contributed by atoms with Gasteiger partial charge < -0.3 is 15.3 Å².